The van der Waals surface area contributed by atoms with Crippen molar-refractivity contribution in [3.8, 4) is 0 Å². The highest BCUT2D eigenvalue weighted by Crippen LogP contribution is 2.32. The van der Waals surface area contributed by atoms with Crippen LogP contribution in [0.4, 0.5) is 0 Å². The van der Waals surface area contributed by atoms with Gasteiger partial charge in [0.15, 0.2) is 0 Å². The molecule has 1 aromatic heterocycles. The van der Waals surface area contributed by atoms with Gasteiger partial charge in [0.25, 0.3) is 0 Å². The molecule has 1 N–H and O–H groups in total. The molecule has 1 aromatic rings. The van der Waals surface area contributed by atoms with Crippen LogP contribution < -0.4 is 5.32 Å². The fourth-order valence-corrected chi connectivity index (χ4v) is 4.20. The quantitative estimate of drug-likeness (QED) is 0.902. The Morgan fingerprint density at radius 2 is 1.95 bits per heavy atom. The standard InChI is InChI=1S/C16H26N2OS/c1-18-13-4-3-5-14(18)9-12(8-13)17-10-15-6-7-16(19-15)11-20-2/h6-7,12-14,17H,3-5,8-11H2,1-2H3. The second-order valence-electron chi connectivity index (χ2n) is 6.25. The second-order valence-corrected chi connectivity index (χ2v) is 7.12. The lowest BCUT2D eigenvalue weighted by Gasteiger charge is -2.47. The Bertz CT molecular complexity index is 420. The Morgan fingerprint density at radius 1 is 1.25 bits per heavy atom. The molecule has 112 valence electrons. The molecule has 2 saturated heterocycles. The van der Waals surface area contributed by atoms with Gasteiger partial charge in [-0.15, -0.1) is 0 Å². The lowest BCUT2D eigenvalue weighted by molar-refractivity contribution is 0.0478. The van der Waals surface area contributed by atoms with Gasteiger partial charge in [0, 0.05) is 18.1 Å². The van der Waals surface area contributed by atoms with E-state index in [-0.39, 0.29) is 0 Å². The number of hydrogen-bond acceptors (Lipinski definition) is 4. The van der Waals surface area contributed by atoms with Gasteiger partial charge in [-0.3, -0.25) is 0 Å². The van der Waals surface area contributed by atoms with Crippen LogP contribution in [-0.4, -0.2) is 36.3 Å². The molecule has 2 aliphatic rings. The molecule has 2 atom stereocenters. The van der Waals surface area contributed by atoms with Crippen molar-refractivity contribution in [2.75, 3.05) is 13.3 Å². The Kier molecular flexibility index (Phi) is 4.74. The molecule has 0 saturated carbocycles. The number of rotatable bonds is 5. The molecule has 2 fully saturated rings. The Labute approximate surface area is 126 Å². The van der Waals surface area contributed by atoms with E-state index < -0.39 is 0 Å². The van der Waals surface area contributed by atoms with E-state index >= 15 is 0 Å². The summed E-state index contributed by atoms with van der Waals surface area (Å²) in [7, 11) is 2.31. The van der Waals surface area contributed by atoms with E-state index in [9.17, 15) is 0 Å². The van der Waals surface area contributed by atoms with Crippen LogP contribution in [0.1, 0.15) is 43.6 Å². The van der Waals surface area contributed by atoms with Crippen molar-refractivity contribution in [3.63, 3.8) is 0 Å². The number of furan rings is 1. The summed E-state index contributed by atoms with van der Waals surface area (Å²) < 4.78 is 5.84. The molecule has 0 aromatic carbocycles. The summed E-state index contributed by atoms with van der Waals surface area (Å²) in [6, 6.07) is 6.48. The summed E-state index contributed by atoms with van der Waals surface area (Å²) in [5.74, 6) is 3.14. The number of nitrogens with zero attached hydrogens (tertiary/aromatic N) is 1. The molecule has 2 aliphatic heterocycles. The number of fused-ring (bicyclic) bond motifs is 2. The highest BCUT2D eigenvalue weighted by atomic mass is 32.2. The molecule has 2 bridgehead atoms. The van der Waals surface area contributed by atoms with Crippen LogP contribution >= 0.6 is 11.8 Å². The van der Waals surface area contributed by atoms with Gasteiger partial charge in [-0.1, -0.05) is 6.42 Å². The van der Waals surface area contributed by atoms with Crippen molar-refractivity contribution in [1.82, 2.24) is 10.2 Å². The van der Waals surface area contributed by atoms with Crippen LogP contribution in [0.2, 0.25) is 0 Å². The zero-order valence-corrected chi connectivity index (χ0v) is 13.4. The van der Waals surface area contributed by atoms with Crippen LogP contribution in [0.5, 0.6) is 0 Å². The monoisotopic (exact) mass is 294 g/mol. The average Bonchev–Trinajstić information content (AvgIpc) is 2.85. The van der Waals surface area contributed by atoms with E-state index in [4.69, 9.17) is 4.42 Å². The lowest BCUT2D eigenvalue weighted by atomic mass is 9.82. The van der Waals surface area contributed by atoms with Crippen LogP contribution in [-0.2, 0) is 12.3 Å². The number of piperidine rings is 2. The second kappa shape index (κ2) is 6.54. The summed E-state index contributed by atoms with van der Waals surface area (Å²) in [5, 5.41) is 3.72. The molecule has 0 spiro atoms. The summed E-state index contributed by atoms with van der Waals surface area (Å²) in [5.41, 5.74) is 0. The molecular weight excluding hydrogens is 268 g/mol. The van der Waals surface area contributed by atoms with Crippen molar-refractivity contribution < 1.29 is 4.42 Å². The Hall–Kier alpha value is -0.450. The van der Waals surface area contributed by atoms with Crippen LogP contribution in [0.25, 0.3) is 0 Å². The van der Waals surface area contributed by atoms with E-state index in [1.165, 1.54) is 32.1 Å². The summed E-state index contributed by atoms with van der Waals surface area (Å²) >= 11 is 1.81. The van der Waals surface area contributed by atoms with Gasteiger partial charge in [0.05, 0.1) is 12.3 Å². The number of thioether (sulfide) groups is 1. The first kappa shape index (κ1) is 14.5. The van der Waals surface area contributed by atoms with Gasteiger partial charge in [-0.25, -0.2) is 0 Å². The van der Waals surface area contributed by atoms with Gasteiger partial charge in [0.1, 0.15) is 11.5 Å². The zero-order chi connectivity index (χ0) is 13.9. The first-order chi connectivity index (χ1) is 9.76. The highest BCUT2D eigenvalue weighted by molar-refractivity contribution is 7.97. The van der Waals surface area contributed by atoms with E-state index in [1.54, 1.807) is 11.8 Å². The predicted molar refractivity (Wildman–Crippen MR) is 85.0 cm³/mol. The molecule has 2 unspecified atom stereocenters. The summed E-state index contributed by atoms with van der Waals surface area (Å²) in [6.45, 7) is 0.877. The SMILES string of the molecule is CSCc1ccc(CNC2CC3CCCC(C2)N3C)o1. The van der Waals surface area contributed by atoms with Crippen LogP contribution in [0.3, 0.4) is 0 Å². The predicted octanol–water partition coefficient (Wildman–Crippen LogP) is 3.25. The minimum Gasteiger partial charge on any atom is -0.464 e. The fraction of sp³-hybridized carbons (Fsp3) is 0.750. The van der Waals surface area contributed by atoms with Crippen molar-refractivity contribution in [1.29, 1.82) is 0 Å². The molecule has 3 heterocycles. The highest BCUT2D eigenvalue weighted by Gasteiger charge is 2.35. The first-order valence-corrected chi connectivity index (χ1v) is 9.17. The Morgan fingerprint density at radius 3 is 2.65 bits per heavy atom. The maximum absolute atomic E-state index is 5.84. The fourth-order valence-electron chi connectivity index (χ4n) is 3.76. The third-order valence-electron chi connectivity index (χ3n) is 4.91. The molecule has 3 rings (SSSR count). The van der Waals surface area contributed by atoms with Crippen molar-refractivity contribution in [3.05, 3.63) is 23.7 Å². The van der Waals surface area contributed by atoms with Crippen LogP contribution in [0, 0.1) is 0 Å². The van der Waals surface area contributed by atoms with E-state index in [0.29, 0.717) is 6.04 Å². The molecular formula is C16H26N2OS. The number of nitrogens with one attached hydrogen (secondary N) is 1. The summed E-state index contributed by atoms with van der Waals surface area (Å²) in [4.78, 5) is 2.62. The van der Waals surface area contributed by atoms with Crippen molar-refractivity contribution >= 4 is 11.8 Å². The number of hydrogen-bond donors (Lipinski definition) is 1. The van der Waals surface area contributed by atoms with Gasteiger partial charge in [-0.05, 0) is 51.1 Å². The van der Waals surface area contributed by atoms with Gasteiger partial charge in [0.2, 0.25) is 0 Å². The van der Waals surface area contributed by atoms with E-state index in [1.807, 2.05) is 0 Å². The average molecular weight is 294 g/mol. The molecule has 0 radical (unpaired) electrons. The maximum Gasteiger partial charge on any atom is 0.118 e. The third-order valence-corrected chi connectivity index (χ3v) is 5.48. The molecule has 20 heavy (non-hydrogen) atoms. The van der Waals surface area contributed by atoms with Crippen molar-refractivity contribution in [2.45, 2.75) is 62.5 Å². The van der Waals surface area contributed by atoms with Crippen LogP contribution in [0.15, 0.2) is 16.5 Å². The lowest BCUT2D eigenvalue weighted by Crippen LogP contribution is -2.54. The molecule has 4 heteroatoms. The van der Waals surface area contributed by atoms with Crippen molar-refractivity contribution in [2.24, 2.45) is 0 Å². The first-order valence-electron chi connectivity index (χ1n) is 7.78. The minimum atomic E-state index is 0.663. The largest absolute Gasteiger partial charge is 0.464 e. The molecule has 3 nitrogen and oxygen atoms in total. The topological polar surface area (TPSA) is 28.4 Å². The molecule has 0 aliphatic carbocycles. The smallest absolute Gasteiger partial charge is 0.118 e. The van der Waals surface area contributed by atoms with E-state index in [0.717, 1.165) is 35.9 Å². The summed E-state index contributed by atoms with van der Waals surface area (Å²) in [6.07, 6.45) is 8.88. The third kappa shape index (κ3) is 3.23. The van der Waals surface area contributed by atoms with Gasteiger partial charge < -0.3 is 14.6 Å². The minimum absolute atomic E-state index is 0.663. The van der Waals surface area contributed by atoms with Gasteiger partial charge in [-0.2, -0.15) is 11.8 Å². The van der Waals surface area contributed by atoms with Gasteiger partial charge >= 0.3 is 0 Å². The normalized spacial score (nSPS) is 30.6. The maximum atomic E-state index is 5.84. The van der Waals surface area contributed by atoms with E-state index in [2.05, 4.69) is 35.7 Å². The Balaban J connectivity index is 1.51. The molecule has 0 amide bonds. The zero-order valence-electron chi connectivity index (χ0n) is 12.6.